The minimum absolute atomic E-state index is 1.75. The quantitative estimate of drug-likeness (QED) is 0.334. The normalized spacial score (nSPS) is 10.2. The average molecular weight is 153 g/mol. The summed E-state index contributed by atoms with van der Waals surface area (Å²) in [6.45, 7) is 0. The Bertz CT molecular complexity index is 115. The third-order valence-corrected chi connectivity index (χ3v) is 0.605. The van der Waals surface area contributed by atoms with Crippen LogP contribution in [0.3, 0.4) is 0 Å². The van der Waals surface area contributed by atoms with Crippen molar-refractivity contribution in [1.82, 2.24) is 0 Å². The van der Waals surface area contributed by atoms with E-state index in [0.717, 1.165) is 0 Å². The van der Waals surface area contributed by atoms with Crippen LogP contribution in [0.5, 0.6) is 0 Å². The zero-order valence-electron chi connectivity index (χ0n) is 2.64. The SMILES string of the molecule is N#[N+][As](=O)(O)O. The van der Waals surface area contributed by atoms with Crippen LogP contribution in [-0.2, 0) is 3.74 Å². The molecule has 0 spiro atoms. The van der Waals surface area contributed by atoms with Crippen LogP contribution < -0.4 is 0 Å². The zero-order chi connectivity index (χ0) is 5.21. The third-order valence-electron chi connectivity index (χ3n) is 0.117. The van der Waals surface area contributed by atoms with Crippen molar-refractivity contribution < 1.29 is 11.9 Å². The van der Waals surface area contributed by atoms with Gasteiger partial charge in [-0.1, -0.05) is 0 Å². The summed E-state index contributed by atoms with van der Waals surface area (Å²) in [5.74, 6) is 0. The van der Waals surface area contributed by atoms with Crippen molar-refractivity contribution in [1.29, 1.82) is 5.39 Å². The molecule has 0 unspecified atom stereocenters. The fraction of sp³-hybridized carbons (Fsp3) is 0. The van der Waals surface area contributed by atoms with E-state index in [1.54, 1.807) is 3.89 Å². The Morgan fingerprint density at radius 3 is 1.83 bits per heavy atom. The maximum absolute atomic E-state index is 9.34. The van der Waals surface area contributed by atoms with Crippen LogP contribution in [0.1, 0.15) is 0 Å². The van der Waals surface area contributed by atoms with Crippen LogP contribution in [0.25, 0.3) is 3.89 Å². The molecule has 0 amide bonds. The van der Waals surface area contributed by atoms with Gasteiger partial charge in [-0.15, -0.1) is 0 Å². The van der Waals surface area contributed by atoms with E-state index < -0.39 is 14.4 Å². The molecule has 0 aliphatic carbocycles. The van der Waals surface area contributed by atoms with Crippen LogP contribution in [0, 0.1) is 5.39 Å². The monoisotopic (exact) mass is 153 g/mol. The molecule has 0 aromatic carbocycles. The van der Waals surface area contributed by atoms with Crippen molar-refractivity contribution in [3.8, 4) is 0 Å². The van der Waals surface area contributed by atoms with Gasteiger partial charge in [0.05, 0.1) is 0 Å². The number of diazo groups is 1. The first-order valence-electron chi connectivity index (χ1n) is 0.983. The van der Waals surface area contributed by atoms with Gasteiger partial charge in [0.25, 0.3) is 0 Å². The molecular weight excluding hydrogens is 151 g/mol. The van der Waals surface area contributed by atoms with Gasteiger partial charge in [-0.05, 0) is 0 Å². The van der Waals surface area contributed by atoms with Gasteiger partial charge in [-0.3, -0.25) is 0 Å². The number of rotatable bonds is 0. The first-order valence-corrected chi connectivity index (χ1v) is 4.27. The number of nitrogens with zero attached hydrogens (tertiary/aromatic N) is 2. The second kappa shape index (κ2) is 1.43. The summed E-state index contributed by atoms with van der Waals surface area (Å²) in [7, 11) is 0. The Labute approximate surface area is 36.5 Å². The van der Waals surface area contributed by atoms with E-state index in [1.165, 1.54) is 0 Å². The van der Waals surface area contributed by atoms with E-state index in [4.69, 9.17) is 13.6 Å². The van der Waals surface area contributed by atoms with Crippen molar-refractivity contribution in [2.24, 2.45) is 0 Å². The van der Waals surface area contributed by atoms with Crippen LogP contribution in [0.4, 0.5) is 0 Å². The number of hydrogen-bond donors (Lipinski definition) is 2. The van der Waals surface area contributed by atoms with E-state index in [1.807, 2.05) is 0 Å². The molecule has 0 saturated carbocycles. The molecule has 34 valence electrons. The van der Waals surface area contributed by atoms with E-state index in [-0.39, 0.29) is 0 Å². The van der Waals surface area contributed by atoms with Gasteiger partial charge in [0.2, 0.25) is 0 Å². The standard InChI is InChI=1S/AsHN2O3/c2-3-1(4,5)6/h(H-,4,5,6)/p+1. The topological polar surface area (TPSA) is 85.7 Å². The summed E-state index contributed by atoms with van der Waals surface area (Å²) in [5.41, 5.74) is 0. The Morgan fingerprint density at radius 2 is 1.83 bits per heavy atom. The number of hydrogen-bond acceptors (Lipinski definition) is 2. The molecule has 0 aromatic rings. The van der Waals surface area contributed by atoms with E-state index >= 15 is 0 Å². The Balaban J connectivity index is 3.94. The molecule has 0 atom stereocenters. The predicted molar refractivity (Wildman–Crippen MR) is 16.0 cm³/mol. The summed E-state index contributed by atoms with van der Waals surface area (Å²) in [6.07, 6.45) is 0. The van der Waals surface area contributed by atoms with Gasteiger partial charge < -0.3 is 0 Å². The third kappa shape index (κ3) is 3.70. The van der Waals surface area contributed by atoms with Crippen LogP contribution >= 0.6 is 0 Å². The molecule has 0 aromatic heterocycles. The summed E-state index contributed by atoms with van der Waals surface area (Å²) in [5, 5.41) is 7.29. The molecule has 0 fully saturated rings. The zero-order valence-corrected chi connectivity index (χ0v) is 4.52. The predicted octanol–water partition coefficient (Wildman–Crippen LogP) is -1.31. The van der Waals surface area contributed by atoms with Gasteiger partial charge >= 0.3 is 35.6 Å². The molecule has 6 heteroatoms. The van der Waals surface area contributed by atoms with Gasteiger partial charge in [0.1, 0.15) is 0 Å². The Kier molecular flexibility index (Phi) is 1.36. The molecule has 0 radical (unpaired) electrons. The second-order valence-corrected chi connectivity index (χ2v) is 3.13. The van der Waals surface area contributed by atoms with Crippen molar-refractivity contribution in [3.63, 3.8) is 0 Å². The van der Waals surface area contributed by atoms with Gasteiger partial charge in [0.15, 0.2) is 0 Å². The molecule has 6 heavy (non-hydrogen) atoms. The van der Waals surface area contributed by atoms with E-state index in [0.29, 0.717) is 0 Å². The molecule has 0 rings (SSSR count). The van der Waals surface area contributed by atoms with Crippen molar-refractivity contribution >= 4 is 14.4 Å². The summed E-state index contributed by atoms with van der Waals surface area (Å²) < 4.78 is 26.2. The summed E-state index contributed by atoms with van der Waals surface area (Å²) in [6, 6.07) is 0. The fourth-order valence-electron chi connectivity index (χ4n) is 0. The molecule has 0 bridgehead atoms. The molecule has 0 heterocycles. The Hall–Kier alpha value is -0.302. The molecule has 2 N–H and O–H groups in total. The second-order valence-electron chi connectivity index (χ2n) is 0.603. The van der Waals surface area contributed by atoms with Gasteiger partial charge in [-0.2, -0.15) is 0 Å². The van der Waals surface area contributed by atoms with Crippen molar-refractivity contribution in [3.05, 3.63) is 3.89 Å². The molecule has 0 aliphatic heterocycles. The first kappa shape index (κ1) is 5.70. The fourth-order valence-corrected chi connectivity index (χ4v) is 0. The van der Waals surface area contributed by atoms with Crippen LogP contribution in [0.15, 0.2) is 0 Å². The van der Waals surface area contributed by atoms with Crippen LogP contribution in [-0.4, -0.2) is 22.6 Å². The van der Waals surface area contributed by atoms with Crippen LogP contribution in [0.2, 0.25) is 0 Å². The van der Waals surface area contributed by atoms with Gasteiger partial charge in [0, 0.05) is 0 Å². The average Bonchev–Trinajstić information content (AvgIpc) is 1.35. The molecule has 0 saturated heterocycles. The van der Waals surface area contributed by atoms with Gasteiger partial charge in [-0.25, -0.2) is 0 Å². The minimum atomic E-state index is -4.98. The maximum atomic E-state index is 9.34. The summed E-state index contributed by atoms with van der Waals surface area (Å²) in [4.78, 5) is 0. The molecule has 5 nitrogen and oxygen atoms in total. The van der Waals surface area contributed by atoms with E-state index in [2.05, 4.69) is 0 Å². The van der Waals surface area contributed by atoms with Crippen molar-refractivity contribution in [2.75, 3.05) is 0 Å². The summed E-state index contributed by atoms with van der Waals surface area (Å²) >= 11 is -4.98. The Morgan fingerprint density at radius 1 is 1.67 bits per heavy atom. The molecule has 0 aliphatic rings. The first-order chi connectivity index (χ1) is 2.56. The van der Waals surface area contributed by atoms with Crippen molar-refractivity contribution in [2.45, 2.75) is 0 Å². The van der Waals surface area contributed by atoms with E-state index in [9.17, 15) is 3.74 Å². The molecular formula is H2AsN2O3+.